The molecule has 0 unspecified atom stereocenters. The molecule has 3 aromatic carbocycles. The zero-order chi connectivity index (χ0) is 24.5. The van der Waals surface area contributed by atoms with Crippen molar-refractivity contribution in [1.82, 2.24) is 9.36 Å². The molecule has 8 heteroatoms. The zero-order valence-corrected chi connectivity index (χ0v) is 19.3. The van der Waals surface area contributed by atoms with Crippen LogP contribution < -0.4 is 20.3 Å². The van der Waals surface area contributed by atoms with Gasteiger partial charge in [-0.25, -0.2) is 9.36 Å². The Morgan fingerprint density at radius 3 is 2.43 bits per heavy atom. The number of hydrogen-bond donors (Lipinski definition) is 1. The van der Waals surface area contributed by atoms with E-state index in [2.05, 4.69) is 5.32 Å². The molecule has 0 bridgehead atoms. The molecule has 0 fully saturated rings. The minimum absolute atomic E-state index is 0.0541. The smallest absolute Gasteiger partial charge is 0.278 e. The summed E-state index contributed by atoms with van der Waals surface area (Å²) in [5.41, 5.74) is 2.77. The molecule has 1 aromatic heterocycles. The Hall–Kier alpha value is -4.59. The average molecular weight is 469 g/mol. The van der Waals surface area contributed by atoms with Crippen LogP contribution in [0.2, 0.25) is 0 Å². The van der Waals surface area contributed by atoms with Crippen molar-refractivity contribution in [3.63, 3.8) is 0 Å². The number of rotatable bonds is 6. The molecule has 35 heavy (non-hydrogen) atoms. The molecule has 0 atom stereocenters. The Balaban J connectivity index is 1.54. The number of methoxy groups -OCH3 is 1. The molecule has 1 aliphatic rings. The quantitative estimate of drug-likeness (QED) is 0.377. The molecule has 0 radical (unpaired) electrons. The minimum atomic E-state index is -0.350. The molecule has 0 saturated carbocycles. The lowest BCUT2D eigenvalue weighted by atomic mass is 10.0. The number of ether oxygens (including phenoxy) is 2. The lowest BCUT2D eigenvalue weighted by Gasteiger charge is -2.21. The summed E-state index contributed by atoms with van der Waals surface area (Å²) in [6.07, 6.45) is 0.356. The molecule has 1 amide bonds. The topological polar surface area (TPSA) is 91.6 Å². The summed E-state index contributed by atoms with van der Waals surface area (Å²) in [7, 11) is 1.56. The summed E-state index contributed by atoms with van der Waals surface area (Å²) >= 11 is 0. The SMILES string of the molecule is COc1cccc2c1Oc1c(c(=O)n(-c3ccccc3)n1CC(=O)Nc1ccc(C(C)=O)cc1)C2. The number of nitrogens with zero attached hydrogens (tertiary/aromatic N) is 2. The number of para-hydroxylation sites is 2. The van der Waals surface area contributed by atoms with E-state index in [1.165, 1.54) is 11.6 Å². The Bertz CT molecular complexity index is 1480. The maximum atomic E-state index is 13.5. The minimum Gasteiger partial charge on any atom is -0.493 e. The second kappa shape index (κ2) is 8.98. The van der Waals surface area contributed by atoms with Crippen LogP contribution in [0.25, 0.3) is 5.69 Å². The molecule has 8 nitrogen and oxygen atoms in total. The first-order valence-electron chi connectivity index (χ1n) is 11.1. The normalized spacial score (nSPS) is 11.7. The number of carbonyl (C=O) groups is 2. The average Bonchev–Trinajstić information content (AvgIpc) is 3.13. The number of nitrogens with one attached hydrogen (secondary N) is 1. The highest BCUT2D eigenvalue weighted by atomic mass is 16.5. The highest BCUT2D eigenvalue weighted by Gasteiger charge is 2.30. The number of ketones is 1. The van der Waals surface area contributed by atoms with Gasteiger partial charge in [-0.15, -0.1) is 0 Å². The van der Waals surface area contributed by atoms with Gasteiger partial charge in [0, 0.05) is 23.2 Å². The third kappa shape index (κ3) is 4.10. The summed E-state index contributed by atoms with van der Waals surface area (Å²) in [6.45, 7) is 1.32. The van der Waals surface area contributed by atoms with Crippen molar-refractivity contribution in [2.45, 2.75) is 19.9 Å². The molecule has 2 heterocycles. The third-order valence-electron chi connectivity index (χ3n) is 5.90. The second-order valence-corrected chi connectivity index (χ2v) is 8.20. The van der Waals surface area contributed by atoms with E-state index >= 15 is 0 Å². The molecule has 4 aromatic rings. The summed E-state index contributed by atoms with van der Waals surface area (Å²) < 4.78 is 14.7. The van der Waals surface area contributed by atoms with Crippen LogP contribution in [-0.4, -0.2) is 28.2 Å². The van der Waals surface area contributed by atoms with Crippen molar-refractivity contribution < 1.29 is 19.1 Å². The van der Waals surface area contributed by atoms with Crippen LogP contribution in [0, 0.1) is 0 Å². The van der Waals surface area contributed by atoms with Gasteiger partial charge in [0.1, 0.15) is 6.54 Å². The fourth-order valence-corrected chi connectivity index (χ4v) is 4.20. The van der Waals surface area contributed by atoms with Crippen LogP contribution in [0.5, 0.6) is 17.4 Å². The van der Waals surface area contributed by atoms with Crippen molar-refractivity contribution in [1.29, 1.82) is 0 Å². The van der Waals surface area contributed by atoms with E-state index < -0.39 is 0 Å². The molecule has 1 N–H and O–H groups in total. The van der Waals surface area contributed by atoms with Crippen molar-refractivity contribution in [3.05, 3.63) is 99.8 Å². The lowest BCUT2D eigenvalue weighted by Crippen LogP contribution is -2.27. The predicted molar refractivity (Wildman–Crippen MR) is 131 cm³/mol. The molecule has 0 saturated heterocycles. The molecule has 1 aliphatic heterocycles. The van der Waals surface area contributed by atoms with Gasteiger partial charge in [-0.2, -0.15) is 0 Å². The van der Waals surface area contributed by atoms with Crippen LogP contribution in [0.1, 0.15) is 28.4 Å². The van der Waals surface area contributed by atoms with Crippen molar-refractivity contribution in [2.75, 3.05) is 12.4 Å². The standard InChI is InChI=1S/C27H23N3O5/c1-17(31)18-11-13-20(14-12-18)28-24(32)16-29-27-22(26(33)30(29)21-8-4-3-5-9-21)15-19-7-6-10-23(34-2)25(19)35-27/h3-14H,15-16H2,1-2H3,(H,28,32). The highest BCUT2D eigenvalue weighted by Crippen LogP contribution is 2.41. The zero-order valence-electron chi connectivity index (χ0n) is 19.3. The first-order valence-corrected chi connectivity index (χ1v) is 11.1. The third-order valence-corrected chi connectivity index (χ3v) is 5.90. The maximum Gasteiger partial charge on any atom is 0.278 e. The maximum absolute atomic E-state index is 13.5. The van der Waals surface area contributed by atoms with E-state index in [4.69, 9.17) is 9.47 Å². The van der Waals surface area contributed by atoms with E-state index in [1.807, 2.05) is 30.3 Å². The molecule has 0 spiro atoms. The fraction of sp³-hybridized carbons (Fsp3) is 0.148. The summed E-state index contributed by atoms with van der Waals surface area (Å²) in [5, 5.41) is 2.83. The number of hydrogen-bond acceptors (Lipinski definition) is 5. The number of carbonyl (C=O) groups excluding carboxylic acids is 2. The summed E-state index contributed by atoms with van der Waals surface area (Å²) in [6, 6.07) is 21.3. The summed E-state index contributed by atoms with van der Waals surface area (Å²) in [4.78, 5) is 38.1. The molecule has 5 rings (SSSR count). The van der Waals surface area contributed by atoms with E-state index in [0.29, 0.717) is 46.3 Å². The van der Waals surface area contributed by atoms with E-state index in [0.717, 1.165) is 5.56 Å². The predicted octanol–water partition coefficient (Wildman–Crippen LogP) is 4.19. The van der Waals surface area contributed by atoms with Gasteiger partial charge in [-0.1, -0.05) is 30.3 Å². The van der Waals surface area contributed by atoms with Crippen molar-refractivity contribution in [3.8, 4) is 23.1 Å². The van der Waals surface area contributed by atoms with Crippen LogP contribution in [0.4, 0.5) is 5.69 Å². The van der Waals surface area contributed by atoms with Crippen molar-refractivity contribution >= 4 is 17.4 Å². The van der Waals surface area contributed by atoms with Crippen LogP contribution in [-0.2, 0) is 17.8 Å². The summed E-state index contributed by atoms with van der Waals surface area (Å²) in [5.74, 6) is 0.980. The number of amides is 1. The first-order chi connectivity index (χ1) is 17.0. The largest absolute Gasteiger partial charge is 0.493 e. The van der Waals surface area contributed by atoms with Gasteiger partial charge in [0.15, 0.2) is 17.3 Å². The van der Waals surface area contributed by atoms with Crippen LogP contribution >= 0.6 is 0 Å². The lowest BCUT2D eigenvalue weighted by molar-refractivity contribution is -0.117. The molecular weight excluding hydrogens is 446 g/mol. The Morgan fingerprint density at radius 1 is 1.00 bits per heavy atom. The van der Waals surface area contributed by atoms with Crippen LogP contribution in [0.3, 0.4) is 0 Å². The van der Waals surface area contributed by atoms with Gasteiger partial charge in [0.05, 0.1) is 18.4 Å². The number of anilines is 1. The highest BCUT2D eigenvalue weighted by molar-refractivity contribution is 5.95. The van der Waals surface area contributed by atoms with E-state index in [9.17, 15) is 14.4 Å². The number of fused-ring (bicyclic) bond motifs is 2. The number of Topliss-reactive ketones (excluding diaryl/α,β-unsaturated/α-hetero) is 1. The van der Waals surface area contributed by atoms with Gasteiger partial charge in [-0.3, -0.25) is 14.4 Å². The monoisotopic (exact) mass is 469 g/mol. The fourth-order valence-electron chi connectivity index (χ4n) is 4.20. The van der Waals surface area contributed by atoms with Crippen LogP contribution in [0.15, 0.2) is 77.6 Å². The van der Waals surface area contributed by atoms with E-state index in [-0.39, 0.29) is 23.8 Å². The van der Waals surface area contributed by atoms with Gasteiger partial charge in [0.25, 0.3) is 5.56 Å². The van der Waals surface area contributed by atoms with Crippen molar-refractivity contribution in [2.24, 2.45) is 0 Å². The van der Waals surface area contributed by atoms with Gasteiger partial charge in [0.2, 0.25) is 11.8 Å². The molecule has 176 valence electrons. The number of aromatic nitrogens is 2. The Labute approximate surface area is 201 Å². The Morgan fingerprint density at radius 2 is 1.74 bits per heavy atom. The molecular formula is C27H23N3O5. The molecule has 0 aliphatic carbocycles. The van der Waals surface area contributed by atoms with Gasteiger partial charge >= 0.3 is 0 Å². The van der Waals surface area contributed by atoms with Gasteiger partial charge in [-0.05, 0) is 49.4 Å². The Kier molecular flexibility index (Phi) is 5.70. The second-order valence-electron chi connectivity index (χ2n) is 8.20. The van der Waals surface area contributed by atoms with E-state index in [1.54, 1.807) is 54.3 Å². The van der Waals surface area contributed by atoms with Gasteiger partial charge < -0.3 is 14.8 Å². The first kappa shape index (κ1) is 22.2. The number of benzene rings is 3.